The molecular formula is C20H21N5O3S2. The summed E-state index contributed by atoms with van der Waals surface area (Å²) in [6, 6.07) is 10.1. The molecule has 30 heavy (non-hydrogen) atoms. The van der Waals surface area contributed by atoms with Gasteiger partial charge in [0.25, 0.3) is 5.91 Å². The lowest BCUT2D eigenvalue weighted by Gasteiger charge is -2.34. The number of piperazine rings is 1. The van der Waals surface area contributed by atoms with Gasteiger partial charge in [-0.05, 0) is 43.2 Å². The Kier molecular flexibility index (Phi) is 4.92. The van der Waals surface area contributed by atoms with Crippen LogP contribution in [0.1, 0.15) is 23.2 Å². The predicted octanol–water partition coefficient (Wildman–Crippen LogP) is 2.09. The molecule has 1 saturated carbocycles. The van der Waals surface area contributed by atoms with Crippen LogP contribution in [-0.4, -0.2) is 61.4 Å². The van der Waals surface area contributed by atoms with Gasteiger partial charge in [-0.15, -0.1) is 0 Å². The van der Waals surface area contributed by atoms with Crippen molar-refractivity contribution in [2.75, 3.05) is 31.1 Å². The summed E-state index contributed by atoms with van der Waals surface area (Å²) in [7, 11) is -3.58. The summed E-state index contributed by atoms with van der Waals surface area (Å²) in [5.74, 6) is -0.149. The van der Waals surface area contributed by atoms with Gasteiger partial charge >= 0.3 is 0 Å². The molecule has 1 amide bonds. The monoisotopic (exact) mass is 443 g/mol. The van der Waals surface area contributed by atoms with Gasteiger partial charge in [0.15, 0.2) is 5.13 Å². The van der Waals surface area contributed by atoms with E-state index in [1.807, 2.05) is 12.1 Å². The highest BCUT2D eigenvalue weighted by atomic mass is 32.2. The zero-order valence-electron chi connectivity index (χ0n) is 16.2. The zero-order valence-corrected chi connectivity index (χ0v) is 17.8. The molecule has 10 heteroatoms. The average Bonchev–Trinajstić information content (AvgIpc) is 3.46. The van der Waals surface area contributed by atoms with Gasteiger partial charge in [0, 0.05) is 44.0 Å². The van der Waals surface area contributed by atoms with Gasteiger partial charge in [-0.2, -0.15) is 0 Å². The van der Waals surface area contributed by atoms with Crippen LogP contribution in [0.25, 0.3) is 10.3 Å². The van der Waals surface area contributed by atoms with E-state index in [0.717, 1.165) is 28.3 Å². The standard InChI is InChI=1S/C20H21N5O3S2/c26-19(14-3-1-4-16(13-14)30(27,28)23-15-6-7-15)24-9-11-25(12-10-24)20-22-17-5-2-8-21-18(17)29-20/h1-5,8,13,15,23H,6-7,9-12H2. The molecule has 0 unspecified atom stereocenters. The molecule has 2 aromatic heterocycles. The Labute approximate surface area is 178 Å². The van der Waals surface area contributed by atoms with E-state index >= 15 is 0 Å². The first-order valence-electron chi connectivity index (χ1n) is 9.88. The second kappa shape index (κ2) is 7.60. The SMILES string of the molecule is O=C(c1cccc(S(=O)(=O)NC2CC2)c1)N1CCN(c2nc3cccnc3s2)CC1. The molecule has 3 heterocycles. The molecule has 0 spiro atoms. The van der Waals surface area contributed by atoms with E-state index in [1.54, 1.807) is 34.6 Å². The topological polar surface area (TPSA) is 95.5 Å². The first-order chi connectivity index (χ1) is 14.5. The number of nitrogens with zero attached hydrogens (tertiary/aromatic N) is 4. The number of carbonyl (C=O) groups excluding carboxylic acids is 1. The molecule has 1 N–H and O–H groups in total. The van der Waals surface area contributed by atoms with Crippen LogP contribution in [0.5, 0.6) is 0 Å². The average molecular weight is 444 g/mol. The number of anilines is 1. The van der Waals surface area contributed by atoms with Crippen molar-refractivity contribution in [3.8, 4) is 0 Å². The number of hydrogen-bond acceptors (Lipinski definition) is 7. The van der Waals surface area contributed by atoms with Crippen molar-refractivity contribution in [3.05, 3.63) is 48.2 Å². The zero-order chi connectivity index (χ0) is 20.7. The molecule has 156 valence electrons. The third-order valence-corrected chi connectivity index (χ3v) is 7.84. The van der Waals surface area contributed by atoms with Crippen molar-refractivity contribution in [2.45, 2.75) is 23.8 Å². The molecule has 2 fully saturated rings. The number of aromatic nitrogens is 2. The molecule has 1 aliphatic heterocycles. The Morgan fingerprint density at radius 3 is 2.63 bits per heavy atom. The minimum absolute atomic E-state index is 0.0279. The van der Waals surface area contributed by atoms with Crippen molar-refractivity contribution < 1.29 is 13.2 Å². The Bertz CT molecular complexity index is 1160. The third-order valence-electron chi connectivity index (χ3n) is 5.28. The van der Waals surface area contributed by atoms with E-state index in [4.69, 9.17) is 0 Å². The largest absolute Gasteiger partial charge is 0.344 e. The van der Waals surface area contributed by atoms with Gasteiger partial charge in [-0.3, -0.25) is 4.79 Å². The van der Waals surface area contributed by atoms with Gasteiger partial charge < -0.3 is 9.80 Å². The van der Waals surface area contributed by atoms with Crippen molar-refractivity contribution >= 4 is 42.7 Å². The number of benzene rings is 1. The fourth-order valence-electron chi connectivity index (χ4n) is 3.46. The quantitative estimate of drug-likeness (QED) is 0.649. The normalized spacial score (nSPS) is 17.5. The Morgan fingerprint density at radius 1 is 1.10 bits per heavy atom. The summed E-state index contributed by atoms with van der Waals surface area (Å²) in [5, 5.41) is 0.912. The van der Waals surface area contributed by atoms with E-state index < -0.39 is 10.0 Å². The van der Waals surface area contributed by atoms with Gasteiger partial charge in [0.1, 0.15) is 10.3 Å². The molecule has 0 atom stereocenters. The van der Waals surface area contributed by atoms with Crippen molar-refractivity contribution in [2.24, 2.45) is 0 Å². The smallest absolute Gasteiger partial charge is 0.254 e. The Balaban J connectivity index is 1.27. The number of thiazole rings is 1. The first kappa shape index (κ1) is 19.4. The minimum Gasteiger partial charge on any atom is -0.344 e. The lowest BCUT2D eigenvalue weighted by molar-refractivity contribution is 0.0746. The molecule has 1 aliphatic carbocycles. The molecule has 2 aliphatic rings. The lowest BCUT2D eigenvalue weighted by Crippen LogP contribution is -2.48. The lowest BCUT2D eigenvalue weighted by atomic mass is 10.2. The molecule has 5 rings (SSSR count). The molecule has 8 nitrogen and oxygen atoms in total. The van der Waals surface area contributed by atoms with Crippen LogP contribution in [0.3, 0.4) is 0 Å². The summed E-state index contributed by atoms with van der Waals surface area (Å²) in [5.41, 5.74) is 1.28. The fourth-order valence-corrected chi connectivity index (χ4v) is 5.77. The highest BCUT2D eigenvalue weighted by Crippen LogP contribution is 2.28. The summed E-state index contributed by atoms with van der Waals surface area (Å²) in [6.07, 6.45) is 3.50. The first-order valence-corrected chi connectivity index (χ1v) is 12.2. The third kappa shape index (κ3) is 3.90. The molecule has 0 bridgehead atoms. The summed E-state index contributed by atoms with van der Waals surface area (Å²) in [6.45, 7) is 2.46. The van der Waals surface area contributed by atoms with E-state index in [1.165, 1.54) is 12.1 Å². The van der Waals surface area contributed by atoms with Crippen LogP contribution in [0.15, 0.2) is 47.5 Å². The number of nitrogens with one attached hydrogen (secondary N) is 1. The van der Waals surface area contributed by atoms with E-state index in [2.05, 4.69) is 19.6 Å². The molecule has 0 radical (unpaired) electrons. The maximum absolute atomic E-state index is 13.0. The summed E-state index contributed by atoms with van der Waals surface area (Å²) >= 11 is 1.55. The molecule has 1 aromatic carbocycles. The molecule has 3 aromatic rings. The van der Waals surface area contributed by atoms with Gasteiger partial charge in [-0.1, -0.05) is 17.4 Å². The maximum atomic E-state index is 13.0. The number of fused-ring (bicyclic) bond motifs is 1. The Morgan fingerprint density at radius 2 is 1.90 bits per heavy atom. The van der Waals surface area contributed by atoms with Gasteiger partial charge in [0.05, 0.1) is 4.90 Å². The van der Waals surface area contributed by atoms with E-state index in [9.17, 15) is 13.2 Å². The number of amides is 1. The second-order valence-electron chi connectivity index (χ2n) is 7.53. The van der Waals surface area contributed by atoms with Crippen LogP contribution >= 0.6 is 11.3 Å². The summed E-state index contributed by atoms with van der Waals surface area (Å²) < 4.78 is 27.6. The minimum atomic E-state index is -3.58. The highest BCUT2D eigenvalue weighted by Gasteiger charge is 2.29. The number of rotatable bonds is 5. The molecule has 1 saturated heterocycles. The highest BCUT2D eigenvalue weighted by molar-refractivity contribution is 7.89. The number of sulfonamides is 1. The predicted molar refractivity (Wildman–Crippen MR) is 115 cm³/mol. The van der Waals surface area contributed by atoms with Crippen LogP contribution in [0, 0.1) is 0 Å². The number of carbonyl (C=O) groups is 1. The maximum Gasteiger partial charge on any atom is 0.254 e. The number of hydrogen-bond donors (Lipinski definition) is 1. The molecular weight excluding hydrogens is 422 g/mol. The van der Waals surface area contributed by atoms with Crippen LogP contribution in [0.2, 0.25) is 0 Å². The van der Waals surface area contributed by atoms with Crippen LogP contribution in [-0.2, 0) is 10.0 Å². The summed E-state index contributed by atoms with van der Waals surface area (Å²) in [4.78, 5) is 26.9. The fraction of sp³-hybridized carbons (Fsp3) is 0.350. The number of pyridine rings is 1. The van der Waals surface area contributed by atoms with Crippen molar-refractivity contribution in [1.29, 1.82) is 0 Å². The Hall–Kier alpha value is -2.56. The van der Waals surface area contributed by atoms with E-state index in [-0.39, 0.29) is 16.8 Å². The van der Waals surface area contributed by atoms with Crippen molar-refractivity contribution in [1.82, 2.24) is 19.6 Å². The van der Waals surface area contributed by atoms with Gasteiger partial charge in [-0.25, -0.2) is 23.1 Å². The van der Waals surface area contributed by atoms with Crippen LogP contribution < -0.4 is 9.62 Å². The van der Waals surface area contributed by atoms with E-state index in [0.29, 0.717) is 31.7 Å². The van der Waals surface area contributed by atoms with Crippen molar-refractivity contribution in [3.63, 3.8) is 0 Å². The van der Waals surface area contributed by atoms with Gasteiger partial charge in [0.2, 0.25) is 10.0 Å². The second-order valence-corrected chi connectivity index (χ2v) is 10.2. The van der Waals surface area contributed by atoms with Crippen LogP contribution in [0.4, 0.5) is 5.13 Å².